The van der Waals surface area contributed by atoms with Gasteiger partial charge in [-0.05, 0) is 26.3 Å². The highest BCUT2D eigenvalue weighted by molar-refractivity contribution is 5.25. The summed E-state index contributed by atoms with van der Waals surface area (Å²) in [5.41, 5.74) is 2.45. The van der Waals surface area contributed by atoms with Gasteiger partial charge in [-0.15, -0.1) is 0 Å². The lowest BCUT2D eigenvalue weighted by atomic mass is 9.88. The molecule has 3 heteroatoms. The zero-order valence-electron chi connectivity index (χ0n) is 13.6. The van der Waals surface area contributed by atoms with Gasteiger partial charge in [0.05, 0.1) is 18.8 Å². The van der Waals surface area contributed by atoms with Gasteiger partial charge in [0.1, 0.15) is 0 Å². The van der Waals surface area contributed by atoms with E-state index in [-0.39, 0.29) is 5.54 Å². The first-order valence-corrected chi connectivity index (χ1v) is 7.78. The van der Waals surface area contributed by atoms with Crippen LogP contribution in [-0.4, -0.2) is 43.8 Å². The normalized spacial score (nSPS) is 26.7. The van der Waals surface area contributed by atoms with E-state index in [0.717, 1.165) is 31.8 Å². The molecule has 2 atom stereocenters. The van der Waals surface area contributed by atoms with Gasteiger partial charge in [-0.1, -0.05) is 42.5 Å². The third-order valence-corrected chi connectivity index (χ3v) is 4.21. The minimum absolute atomic E-state index is 0.0160. The number of rotatable bonds is 6. The Morgan fingerprint density at radius 2 is 2.14 bits per heavy atom. The quantitative estimate of drug-likeness (QED) is 0.643. The van der Waals surface area contributed by atoms with Crippen LogP contribution >= 0.6 is 0 Å². The Morgan fingerprint density at radius 3 is 2.81 bits per heavy atom. The summed E-state index contributed by atoms with van der Waals surface area (Å²) in [6.07, 6.45) is 0. The molecule has 1 heterocycles. The van der Waals surface area contributed by atoms with E-state index >= 15 is 0 Å². The summed E-state index contributed by atoms with van der Waals surface area (Å²) in [4.78, 5) is 2.52. The van der Waals surface area contributed by atoms with Gasteiger partial charge in [-0.3, -0.25) is 4.90 Å². The van der Waals surface area contributed by atoms with E-state index in [1.807, 2.05) is 6.92 Å². The number of benzene rings is 1. The van der Waals surface area contributed by atoms with E-state index in [4.69, 9.17) is 4.74 Å². The topological polar surface area (TPSA) is 24.5 Å². The first-order valence-electron chi connectivity index (χ1n) is 7.78. The van der Waals surface area contributed by atoms with Crippen molar-refractivity contribution in [3.8, 4) is 0 Å². The van der Waals surface area contributed by atoms with E-state index in [0.29, 0.717) is 12.6 Å². The smallest absolute Gasteiger partial charge is 0.0672 e. The van der Waals surface area contributed by atoms with Crippen molar-refractivity contribution in [1.29, 1.82) is 0 Å². The Bertz CT molecular complexity index is 460. The summed E-state index contributed by atoms with van der Waals surface area (Å²) in [5.74, 6) is 0. The molecule has 1 aromatic carbocycles. The van der Waals surface area contributed by atoms with E-state index in [9.17, 15) is 0 Å². The lowest BCUT2D eigenvalue weighted by Crippen LogP contribution is -2.60. The number of nitrogens with zero attached hydrogens (tertiary/aromatic N) is 1. The third-order valence-electron chi connectivity index (χ3n) is 4.21. The van der Waals surface area contributed by atoms with Crippen LogP contribution in [0.1, 0.15) is 26.3 Å². The molecule has 2 unspecified atom stereocenters. The van der Waals surface area contributed by atoms with Crippen molar-refractivity contribution in [2.24, 2.45) is 0 Å². The van der Waals surface area contributed by atoms with Crippen LogP contribution in [0, 0.1) is 0 Å². The molecule has 116 valence electrons. The standard InChI is InChI=1S/C18H28N2O/c1-15(2)13-21-11-10-20-14-18(4,19-12-16(20)3)17-8-6-5-7-9-17/h5-9,16,19H,1,10-14H2,2-4H3. The molecule has 21 heavy (non-hydrogen) atoms. The first kappa shape index (κ1) is 16.2. The highest BCUT2D eigenvalue weighted by Crippen LogP contribution is 2.26. The molecule has 1 aromatic rings. The van der Waals surface area contributed by atoms with Crippen molar-refractivity contribution < 1.29 is 4.74 Å². The average Bonchev–Trinajstić information content (AvgIpc) is 2.48. The Labute approximate surface area is 129 Å². The maximum atomic E-state index is 5.66. The molecule has 0 aliphatic carbocycles. The van der Waals surface area contributed by atoms with E-state index in [2.05, 4.69) is 61.0 Å². The maximum absolute atomic E-state index is 5.66. The summed E-state index contributed by atoms with van der Waals surface area (Å²) >= 11 is 0. The van der Waals surface area contributed by atoms with Crippen LogP contribution in [0.5, 0.6) is 0 Å². The predicted octanol–water partition coefficient (Wildman–Crippen LogP) is 2.79. The Morgan fingerprint density at radius 1 is 1.43 bits per heavy atom. The second-order valence-electron chi connectivity index (χ2n) is 6.41. The minimum Gasteiger partial charge on any atom is -0.376 e. The Kier molecular flexibility index (Phi) is 5.57. The highest BCUT2D eigenvalue weighted by Gasteiger charge is 2.34. The second kappa shape index (κ2) is 7.21. The molecular weight excluding hydrogens is 260 g/mol. The summed E-state index contributed by atoms with van der Waals surface area (Å²) in [6.45, 7) is 14.8. The SMILES string of the molecule is C=C(C)COCCN1CC(C)(c2ccccc2)NCC1C. The molecular formula is C18H28N2O. The fraction of sp³-hybridized carbons (Fsp3) is 0.556. The van der Waals surface area contributed by atoms with Crippen LogP contribution in [-0.2, 0) is 10.3 Å². The van der Waals surface area contributed by atoms with Crippen LogP contribution in [0.15, 0.2) is 42.5 Å². The first-order chi connectivity index (χ1) is 10.0. The molecule has 1 aliphatic rings. The molecule has 0 saturated carbocycles. The molecule has 0 radical (unpaired) electrons. The largest absolute Gasteiger partial charge is 0.376 e. The summed E-state index contributed by atoms with van der Waals surface area (Å²) in [6, 6.07) is 11.2. The predicted molar refractivity (Wildman–Crippen MR) is 88.5 cm³/mol. The van der Waals surface area contributed by atoms with Gasteiger partial charge in [0.2, 0.25) is 0 Å². The van der Waals surface area contributed by atoms with Crippen LogP contribution in [0.2, 0.25) is 0 Å². The number of piperazine rings is 1. The monoisotopic (exact) mass is 288 g/mol. The minimum atomic E-state index is 0.0160. The van der Waals surface area contributed by atoms with Crippen LogP contribution in [0.4, 0.5) is 0 Å². The third kappa shape index (κ3) is 4.40. The van der Waals surface area contributed by atoms with Crippen molar-refractivity contribution in [2.75, 3.05) is 32.8 Å². The van der Waals surface area contributed by atoms with Gasteiger partial charge in [0, 0.05) is 25.7 Å². The van der Waals surface area contributed by atoms with Crippen LogP contribution in [0.3, 0.4) is 0 Å². The van der Waals surface area contributed by atoms with Crippen LogP contribution < -0.4 is 5.32 Å². The van der Waals surface area contributed by atoms with Gasteiger partial charge in [0.15, 0.2) is 0 Å². The van der Waals surface area contributed by atoms with Gasteiger partial charge in [-0.2, -0.15) is 0 Å². The summed E-state index contributed by atoms with van der Waals surface area (Å²) in [5, 5.41) is 3.70. The molecule has 1 aliphatic heterocycles. The van der Waals surface area contributed by atoms with Gasteiger partial charge in [0.25, 0.3) is 0 Å². The number of hydrogen-bond donors (Lipinski definition) is 1. The van der Waals surface area contributed by atoms with Crippen molar-refractivity contribution in [2.45, 2.75) is 32.4 Å². The molecule has 0 bridgehead atoms. The van der Waals surface area contributed by atoms with Crippen molar-refractivity contribution >= 4 is 0 Å². The average molecular weight is 288 g/mol. The summed E-state index contributed by atoms with van der Waals surface area (Å²) < 4.78 is 5.66. The molecule has 1 fully saturated rings. The van der Waals surface area contributed by atoms with E-state index in [1.54, 1.807) is 0 Å². The highest BCUT2D eigenvalue weighted by atomic mass is 16.5. The van der Waals surface area contributed by atoms with Gasteiger partial charge in [-0.25, -0.2) is 0 Å². The lowest BCUT2D eigenvalue weighted by Gasteiger charge is -2.45. The van der Waals surface area contributed by atoms with E-state index in [1.165, 1.54) is 5.56 Å². The molecule has 2 rings (SSSR count). The van der Waals surface area contributed by atoms with Crippen molar-refractivity contribution in [1.82, 2.24) is 10.2 Å². The zero-order chi connectivity index (χ0) is 15.3. The molecule has 0 amide bonds. The fourth-order valence-electron chi connectivity index (χ4n) is 2.85. The Hall–Kier alpha value is -1.16. The number of nitrogens with one attached hydrogen (secondary N) is 1. The summed E-state index contributed by atoms with van der Waals surface area (Å²) in [7, 11) is 0. The fourth-order valence-corrected chi connectivity index (χ4v) is 2.85. The van der Waals surface area contributed by atoms with Crippen molar-refractivity contribution in [3.05, 3.63) is 48.0 Å². The molecule has 1 saturated heterocycles. The van der Waals surface area contributed by atoms with Gasteiger partial charge >= 0.3 is 0 Å². The lowest BCUT2D eigenvalue weighted by molar-refractivity contribution is 0.0555. The van der Waals surface area contributed by atoms with Crippen molar-refractivity contribution in [3.63, 3.8) is 0 Å². The van der Waals surface area contributed by atoms with Gasteiger partial charge < -0.3 is 10.1 Å². The molecule has 0 aromatic heterocycles. The Balaban J connectivity index is 1.94. The number of hydrogen-bond acceptors (Lipinski definition) is 3. The molecule has 0 spiro atoms. The van der Waals surface area contributed by atoms with Crippen LogP contribution in [0.25, 0.3) is 0 Å². The maximum Gasteiger partial charge on any atom is 0.0672 e. The zero-order valence-corrected chi connectivity index (χ0v) is 13.6. The second-order valence-corrected chi connectivity index (χ2v) is 6.41. The van der Waals surface area contributed by atoms with E-state index < -0.39 is 0 Å². The number of ether oxygens (including phenoxy) is 1. The molecule has 1 N–H and O–H groups in total. The molecule has 3 nitrogen and oxygen atoms in total.